The summed E-state index contributed by atoms with van der Waals surface area (Å²) in [7, 11) is 1.63. The molecule has 28 heavy (non-hydrogen) atoms. The molecule has 1 amide bonds. The van der Waals surface area contributed by atoms with Gasteiger partial charge < -0.3 is 25.5 Å². The number of hydrogen-bond acceptors (Lipinski definition) is 8. The SMILES string of the molecule is COc1cc2nc(NCCCCNC(=O)OC(C)(C)C)c(NN)nc2cc1C. The first-order chi connectivity index (χ1) is 13.2. The van der Waals surface area contributed by atoms with Crippen LogP contribution in [0.2, 0.25) is 0 Å². The summed E-state index contributed by atoms with van der Waals surface area (Å²) in [5, 5.41) is 5.97. The van der Waals surface area contributed by atoms with Crippen LogP contribution in [0.5, 0.6) is 5.75 Å². The molecule has 0 saturated heterocycles. The average molecular weight is 390 g/mol. The van der Waals surface area contributed by atoms with Crippen molar-refractivity contribution in [3.05, 3.63) is 17.7 Å². The summed E-state index contributed by atoms with van der Waals surface area (Å²) in [5.41, 5.74) is 4.52. The van der Waals surface area contributed by atoms with Crippen molar-refractivity contribution in [2.45, 2.75) is 46.1 Å². The second-order valence-electron chi connectivity index (χ2n) is 7.44. The van der Waals surface area contributed by atoms with Crippen LogP contribution < -0.4 is 26.6 Å². The molecule has 9 heteroatoms. The van der Waals surface area contributed by atoms with Crippen molar-refractivity contribution >= 4 is 28.8 Å². The van der Waals surface area contributed by atoms with E-state index in [1.165, 1.54) is 0 Å². The Balaban J connectivity index is 1.89. The number of anilines is 2. The Labute approximate surface area is 165 Å². The molecule has 0 fully saturated rings. The maximum Gasteiger partial charge on any atom is 0.407 e. The summed E-state index contributed by atoms with van der Waals surface area (Å²) in [6, 6.07) is 3.77. The first-order valence-corrected chi connectivity index (χ1v) is 9.27. The van der Waals surface area contributed by atoms with Crippen LogP contribution >= 0.6 is 0 Å². The Kier molecular flexibility index (Phi) is 7.22. The maximum atomic E-state index is 11.6. The molecule has 0 unspecified atom stereocenters. The first kappa shape index (κ1) is 21.5. The number of unbranched alkanes of at least 4 members (excludes halogenated alkanes) is 1. The minimum Gasteiger partial charge on any atom is -0.496 e. The van der Waals surface area contributed by atoms with Gasteiger partial charge in [-0.3, -0.25) is 0 Å². The van der Waals surface area contributed by atoms with E-state index in [1.54, 1.807) is 7.11 Å². The number of fused-ring (bicyclic) bond motifs is 1. The van der Waals surface area contributed by atoms with E-state index >= 15 is 0 Å². The third-order valence-electron chi connectivity index (χ3n) is 3.88. The van der Waals surface area contributed by atoms with E-state index in [1.807, 2.05) is 39.8 Å². The second kappa shape index (κ2) is 9.41. The number of nitrogen functional groups attached to an aromatic ring is 1. The van der Waals surface area contributed by atoms with Crippen LogP contribution in [0.1, 0.15) is 39.2 Å². The third kappa shape index (κ3) is 6.12. The molecule has 0 saturated carbocycles. The second-order valence-corrected chi connectivity index (χ2v) is 7.44. The topological polar surface area (TPSA) is 123 Å². The Morgan fingerprint density at radius 2 is 1.75 bits per heavy atom. The average Bonchev–Trinajstić information content (AvgIpc) is 2.62. The molecule has 2 aromatic rings. The molecule has 9 nitrogen and oxygen atoms in total. The number of nitrogens with one attached hydrogen (secondary N) is 3. The monoisotopic (exact) mass is 390 g/mol. The lowest BCUT2D eigenvalue weighted by Crippen LogP contribution is -2.33. The number of aromatic nitrogens is 2. The van der Waals surface area contributed by atoms with E-state index in [4.69, 9.17) is 15.3 Å². The Morgan fingerprint density at radius 3 is 2.39 bits per heavy atom. The van der Waals surface area contributed by atoms with Gasteiger partial charge >= 0.3 is 6.09 Å². The number of methoxy groups -OCH3 is 1. The van der Waals surface area contributed by atoms with Crippen molar-refractivity contribution in [1.29, 1.82) is 0 Å². The molecule has 1 heterocycles. The standard InChI is InChI=1S/C19H30N6O3/c1-12-10-13-14(11-15(12)27-5)23-16(17(24-13)25-20)21-8-6-7-9-22-18(26)28-19(2,3)4/h10-11H,6-9,20H2,1-5H3,(H,21,23)(H,22,26)(H,24,25). The van der Waals surface area contributed by atoms with Gasteiger partial charge in [0.1, 0.15) is 11.4 Å². The van der Waals surface area contributed by atoms with Gasteiger partial charge in [0.15, 0.2) is 11.6 Å². The third-order valence-corrected chi connectivity index (χ3v) is 3.88. The highest BCUT2D eigenvalue weighted by Gasteiger charge is 2.15. The number of carbonyl (C=O) groups excluding carboxylic acids is 1. The van der Waals surface area contributed by atoms with Gasteiger partial charge in [-0.2, -0.15) is 0 Å². The summed E-state index contributed by atoms with van der Waals surface area (Å²) in [6.07, 6.45) is 1.22. The molecule has 0 atom stereocenters. The number of hydrogen-bond donors (Lipinski definition) is 4. The van der Waals surface area contributed by atoms with Crippen molar-refractivity contribution in [2.75, 3.05) is 30.9 Å². The summed E-state index contributed by atoms with van der Waals surface area (Å²) in [6.45, 7) is 8.66. The number of aryl methyl sites for hydroxylation is 1. The number of ether oxygens (including phenoxy) is 2. The smallest absolute Gasteiger partial charge is 0.407 e. The molecule has 2 rings (SSSR count). The first-order valence-electron chi connectivity index (χ1n) is 9.27. The fourth-order valence-corrected chi connectivity index (χ4v) is 2.59. The molecule has 0 radical (unpaired) electrons. The molecule has 0 aliphatic heterocycles. The molecule has 5 N–H and O–H groups in total. The van der Waals surface area contributed by atoms with Crippen molar-refractivity contribution in [3.63, 3.8) is 0 Å². The van der Waals surface area contributed by atoms with Gasteiger partial charge in [-0.15, -0.1) is 0 Å². The largest absolute Gasteiger partial charge is 0.496 e. The zero-order valence-corrected chi connectivity index (χ0v) is 17.2. The van der Waals surface area contributed by atoms with E-state index in [9.17, 15) is 4.79 Å². The molecular formula is C19H30N6O3. The quantitative estimate of drug-likeness (QED) is 0.308. The normalized spacial score (nSPS) is 11.2. The van der Waals surface area contributed by atoms with Gasteiger partial charge in [0.2, 0.25) is 0 Å². The van der Waals surface area contributed by atoms with Gasteiger partial charge in [0, 0.05) is 19.2 Å². The Bertz CT molecular complexity index is 819. The summed E-state index contributed by atoms with van der Waals surface area (Å²) >= 11 is 0. The lowest BCUT2D eigenvalue weighted by atomic mass is 10.2. The van der Waals surface area contributed by atoms with Crippen molar-refractivity contribution < 1.29 is 14.3 Å². The zero-order chi connectivity index (χ0) is 20.7. The molecule has 0 aliphatic carbocycles. The number of nitrogens with two attached hydrogens (primary N) is 1. The maximum absolute atomic E-state index is 11.6. The van der Waals surface area contributed by atoms with E-state index < -0.39 is 11.7 Å². The highest BCUT2D eigenvalue weighted by molar-refractivity contribution is 5.82. The van der Waals surface area contributed by atoms with Gasteiger partial charge in [-0.1, -0.05) is 0 Å². The fourth-order valence-electron chi connectivity index (χ4n) is 2.59. The van der Waals surface area contributed by atoms with Crippen LogP contribution in [-0.2, 0) is 4.74 Å². The predicted molar refractivity (Wildman–Crippen MR) is 111 cm³/mol. The zero-order valence-electron chi connectivity index (χ0n) is 17.2. The molecule has 1 aromatic carbocycles. The van der Waals surface area contributed by atoms with E-state index in [0.29, 0.717) is 24.7 Å². The number of nitrogens with zero attached hydrogens (tertiary/aromatic N) is 2. The van der Waals surface area contributed by atoms with Crippen LogP contribution in [0.3, 0.4) is 0 Å². The number of hydrazine groups is 1. The minimum absolute atomic E-state index is 0.403. The predicted octanol–water partition coefficient (Wildman–Crippen LogP) is 2.95. The van der Waals surface area contributed by atoms with Gasteiger partial charge in [-0.05, 0) is 52.2 Å². The lowest BCUT2D eigenvalue weighted by molar-refractivity contribution is 0.0527. The van der Waals surface area contributed by atoms with Crippen molar-refractivity contribution in [2.24, 2.45) is 5.84 Å². The van der Waals surface area contributed by atoms with Gasteiger partial charge in [0.25, 0.3) is 0 Å². The summed E-state index contributed by atoms with van der Waals surface area (Å²) in [4.78, 5) is 20.7. The van der Waals surface area contributed by atoms with E-state index in [0.717, 1.165) is 35.2 Å². The summed E-state index contributed by atoms with van der Waals surface area (Å²) in [5.74, 6) is 7.40. The molecule has 154 valence electrons. The van der Waals surface area contributed by atoms with E-state index in [2.05, 4.69) is 26.0 Å². The van der Waals surface area contributed by atoms with E-state index in [-0.39, 0.29) is 0 Å². The summed E-state index contributed by atoms with van der Waals surface area (Å²) < 4.78 is 10.5. The Hall–Kier alpha value is -2.81. The lowest BCUT2D eigenvalue weighted by Gasteiger charge is -2.19. The van der Waals surface area contributed by atoms with Crippen LogP contribution in [0.4, 0.5) is 16.4 Å². The number of carbonyl (C=O) groups is 1. The molecule has 1 aromatic heterocycles. The number of benzene rings is 1. The van der Waals surface area contributed by atoms with Crippen LogP contribution in [0, 0.1) is 6.92 Å². The van der Waals surface area contributed by atoms with Crippen molar-refractivity contribution in [1.82, 2.24) is 15.3 Å². The van der Waals surface area contributed by atoms with Crippen LogP contribution in [0.15, 0.2) is 12.1 Å². The number of amides is 1. The molecular weight excluding hydrogens is 360 g/mol. The molecule has 0 bridgehead atoms. The van der Waals surface area contributed by atoms with Crippen LogP contribution in [0.25, 0.3) is 11.0 Å². The Morgan fingerprint density at radius 1 is 1.11 bits per heavy atom. The minimum atomic E-state index is -0.493. The van der Waals surface area contributed by atoms with Gasteiger partial charge in [0.05, 0.1) is 18.1 Å². The van der Waals surface area contributed by atoms with Gasteiger partial charge in [-0.25, -0.2) is 20.6 Å². The molecule has 0 spiro atoms. The highest BCUT2D eigenvalue weighted by atomic mass is 16.6. The van der Waals surface area contributed by atoms with Crippen LogP contribution in [-0.4, -0.2) is 41.9 Å². The number of rotatable bonds is 8. The number of alkyl carbamates (subject to hydrolysis) is 1. The highest BCUT2D eigenvalue weighted by Crippen LogP contribution is 2.26. The fraction of sp³-hybridized carbons (Fsp3) is 0.526. The van der Waals surface area contributed by atoms with Crippen molar-refractivity contribution in [3.8, 4) is 5.75 Å². The molecule has 0 aliphatic rings.